The molecule has 2 aromatic rings. The molecule has 1 fully saturated rings. The van der Waals surface area contributed by atoms with Crippen LogP contribution < -0.4 is 4.74 Å². The highest BCUT2D eigenvalue weighted by molar-refractivity contribution is 6.42. The molecule has 4 nitrogen and oxygen atoms in total. The molecule has 3 rings (SSSR count). The first-order chi connectivity index (χ1) is 12.1. The topological polar surface area (TPSA) is 49.8 Å². The van der Waals surface area contributed by atoms with Crippen LogP contribution in [0.3, 0.4) is 0 Å². The molecule has 0 amide bonds. The summed E-state index contributed by atoms with van der Waals surface area (Å²) in [6, 6.07) is 12.0. The zero-order valence-corrected chi connectivity index (χ0v) is 14.9. The molecule has 130 valence electrons. The lowest BCUT2D eigenvalue weighted by Gasteiger charge is -2.42. The summed E-state index contributed by atoms with van der Waals surface area (Å²) in [5, 5.41) is 10.2. The lowest BCUT2D eigenvalue weighted by atomic mass is 9.98. The number of phenolic OH excluding ortho intramolecular Hbond substituents is 1. The summed E-state index contributed by atoms with van der Waals surface area (Å²) in [4.78, 5) is 13.1. The van der Waals surface area contributed by atoms with Gasteiger partial charge < -0.3 is 14.7 Å². The Bertz CT molecular complexity index is 784. The van der Waals surface area contributed by atoms with Gasteiger partial charge in [0.2, 0.25) is 0 Å². The molecular formula is C19H17Cl2NO3. The summed E-state index contributed by atoms with van der Waals surface area (Å²) in [5.41, 5.74) is 1.69. The summed E-state index contributed by atoms with van der Waals surface area (Å²) >= 11 is 12.0. The van der Waals surface area contributed by atoms with Crippen LogP contribution in [0.5, 0.6) is 11.5 Å². The van der Waals surface area contributed by atoms with Gasteiger partial charge in [0.1, 0.15) is 17.8 Å². The minimum absolute atomic E-state index is 0.215. The number of hydrogen-bond acceptors (Lipinski definition) is 4. The Hall–Kier alpha value is -2.17. The summed E-state index contributed by atoms with van der Waals surface area (Å²) in [6.45, 7) is 2.16. The Morgan fingerprint density at radius 1 is 1.16 bits per heavy atom. The highest BCUT2D eigenvalue weighted by Crippen LogP contribution is 2.32. The predicted molar refractivity (Wildman–Crippen MR) is 99.2 cm³/mol. The average molecular weight is 378 g/mol. The number of hydrogen-bond donors (Lipinski definition) is 1. The monoisotopic (exact) mass is 377 g/mol. The van der Waals surface area contributed by atoms with Crippen molar-refractivity contribution in [3.63, 3.8) is 0 Å². The largest absolute Gasteiger partial charge is 0.508 e. The van der Waals surface area contributed by atoms with Crippen molar-refractivity contribution in [2.45, 2.75) is 0 Å². The second-order valence-corrected chi connectivity index (χ2v) is 6.71. The van der Waals surface area contributed by atoms with Gasteiger partial charge in [-0.15, -0.1) is 0 Å². The highest BCUT2D eigenvalue weighted by atomic mass is 35.5. The lowest BCUT2D eigenvalue weighted by Crippen LogP contribution is -2.47. The first kappa shape index (κ1) is 17.6. The third-order valence-electron chi connectivity index (χ3n) is 4.06. The van der Waals surface area contributed by atoms with E-state index in [2.05, 4.69) is 4.90 Å². The van der Waals surface area contributed by atoms with E-state index in [0.29, 0.717) is 22.6 Å². The fourth-order valence-electron chi connectivity index (χ4n) is 2.73. The van der Waals surface area contributed by atoms with E-state index in [-0.39, 0.29) is 5.75 Å². The molecule has 1 heterocycles. The third kappa shape index (κ3) is 4.27. The van der Waals surface area contributed by atoms with Crippen LogP contribution >= 0.6 is 23.2 Å². The van der Waals surface area contributed by atoms with E-state index in [9.17, 15) is 9.90 Å². The van der Waals surface area contributed by atoms with Gasteiger partial charge in [0.15, 0.2) is 0 Å². The summed E-state index contributed by atoms with van der Waals surface area (Å²) < 4.78 is 5.73. The van der Waals surface area contributed by atoms with Crippen LogP contribution in [0.2, 0.25) is 10.0 Å². The summed E-state index contributed by atoms with van der Waals surface area (Å²) in [7, 11) is 0. The first-order valence-electron chi connectivity index (χ1n) is 7.84. The Kier molecular flexibility index (Phi) is 5.51. The van der Waals surface area contributed by atoms with Crippen molar-refractivity contribution in [3.8, 4) is 11.5 Å². The maximum atomic E-state index is 11.0. The first-order valence-corrected chi connectivity index (χ1v) is 8.60. The van der Waals surface area contributed by atoms with E-state index in [1.807, 2.05) is 6.07 Å². The van der Waals surface area contributed by atoms with Gasteiger partial charge in [0.05, 0.1) is 16.7 Å². The number of aromatic hydroxyl groups is 1. The standard InChI is InChI=1S/C19H17Cl2NO3/c20-17-6-1-14(9-18(17)21)19(7-8-23)22-10-13(11-22)12-25-16-4-2-15(24)3-5-16/h1-9,13,24H,10-12H2/b19-7+. The minimum Gasteiger partial charge on any atom is -0.508 e. The predicted octanol–water partition coefficient (Wildman–Crippen LogP) is 4.25. The van der Waals surface area contributed by atoms with Crippen LogP contribution in [0.1, 0.15) is 5.56 Å². The van der Waals surface area contributed by atoms with Gasteiger partial charge in [-0.3, -0.25) is 4.79 Å². The number of rotatable bonds is 6. The van der Waals surface area contributed by atoms with Gasteiger partial charge in [-0.05, 0) is 42.0 Å². The quantitative estimate of drug-likeness (QED) is 0.603. The van der Waals surface area contributed by atoms with Crippen LogP contribution in [0.25, 0.3) is 5.70 Å². The molecular weight excluding hydrogens is 361 g/mol. The number of aldehydes is 1. The summed E-state index contributed by atoms with van der Waals surface area (Å²) in [6.07, 6.45) is 2.31. The number of halogens is 2. The average Bonchev–Trinajstić information content (AvgIpc) is 2.56. The molecule has 0 aromatic heterocycles. The van der Waals surface area contributed by atoms with Crippen LogP contribution in [0.15, 0.2) is 48.5 Å². The van der Waals surface area contributed by atoms with Gasteiger partial charge in [-0.25, -0.2) is 0 Å². The molecule has 2 aromatic carbocycles. The highest BCUT2D eigenvalue weighted by Gasteiger charge is 2.29. The molecule has 6 heteroatoms. The molecule has 1 N–H and O–H groups in total. The van der Waals surface area contributed by atoms with E-state index in [1.54, 1.807) is 36.4 Å². The lowest BCUT2D eigenvalue weighted by molar-refractivity contribution is -0.104. The van der Waals surface area contributed by atoms with Gasteiger partial charge in [0, 0.05) is 30.8 Å². The van der Waals surface area contributed by atoms with E-state index in [0.717, 1.165) is 36.4 Å². The normalized spacial score (nSPS) is 15.0. The zero-order chi connectivity index (χ0) is 17.8. The molecule has 1 aliphatic rings. The third-order valence-corrected chi connectivity index (χ3v) is 4.80. The Morgan fingerprint density at radius 2 is 1.88 bits per heavy atom. The second-order valence-electron chi connectivity index (χ2n) is 5.89. The fourth-order valence-corrected chi connectivity index (χ4v) is 3.03. The van der Waals surface area contributed by atoms with E-state index in [4.69, 9.17) is 27.9 Å². The number of ether oxygens (including phenoxy) is 1. The molecule has 1 saturated heterocycles. The molecule has 0 atom stereocenters. The molecule has 0 unspecified atom stereocenters. The molecule has 25 heavy (non-hydrogen) atoms. The van der Waals surface area contributed by atoms with Crippen molar-refractivity contribution < 1.29 is 14.6 Å². The summed E-state index contributed by atoms with van der Waals surface area (Å²) in [5.74, 6) is 1.31. The molecule has 0 spiro atoms. The van der Waals surface area contributed by atoms with Gasteiger partial charge in [0.25, 0.3) is 0 Å². The smallest absolute Gasteiger partial charge is 0.144 e. The molecule has 1 aliphatic heterocycles. The molecule has 0 saturated carbocycles. The Balaban J connectivity index is 1.59. The zero-order valence-electron chi connectivity index (χ0n) is 13.4. The molecule has 0 aliphatic carbocycles. The van der Waals surface area contributed by atoms with Gasteiger partial charge in [-0.1, -0.05) is 29.3 Å². The van der Waals surface area contributed by atoms with Crippen LogP contribution in [-0.2, 0) is 4.79 Å². The van der Waals surface area contributed by atoms with Gasteiger partial charge >= 0.3 is 0 Å². The van der Waals surface area contributed by atoms with Crippen molar-refractivity contribution in [2.24, 2.45) is 5.92 Å². The molecule has 0 bridgehead atoms. The number of carbonyl (C=O) groups excluding carboxylic acids is 1. The van der Waals surface area contributed by atoms with Crippen molar-refractivity contribution in [1.29, 1.82) is 0 Å². The van der Waals surface area contributed by atoms with E-state index in [1.165, 1.54) is 6.08 Å². The maximum absolute atomic E-state index is 11.0. The van der Waals surface area contributed by atoms with Crippen LogP contribution in [0, 0.1) is 5.92 Å². The van der Waals surface area contributed by atoms with E-state index < -0.39 is 0 Å². The number of carbonyl (C=O) groups is 1. The number of likely N-dealkylation sites (tertiary alicyclic amines) is 1. The van der Waals surface area contributed by atoms with Crippen LogP contribution in [0.4, 0.5) is 0 Å². The second kappa shape index (κ2) is 7.81. The van der Waals surface area contributed by atoms with Crippen LogP contribution in [-0.4, -0.2) is 36.0 Å². The number of nitrogens with zero attached hydrogens (tertiary/aromatic N) is 1. The SMILES string of the molecule is O=C/C=C(\c1ccc(Cl)c(Cl)c1)N1CC(COc2ccc(O)cc2)C1. The van der Waals surface area contributed by atoms with Crippen molar-refractivity contribution in [1.82, 2.24) is 4.90 Å². The number of allylic oxidation sites excluding steroid dienone is 1. The maximum Gasteiger partial charge on any atom is 0.144 e. The fraction of sp³-hybridized carbons (Fsp3) is 0.211. The molecule has 0 radical (unpaired) electrons. The van der Waals surface area contributed by atoms with Crippen molar-refractivity contribution in [3.05, 3.63) is 64.1 Å². The van der Waals surface area contributed by atoms with Gasteiger partial charge in [-0.2, -0.15) is 0 Å². The van der Waals surface area contributed by atoms with Crippen molar-refractivity contribution in [2.75, 3.05) is 19.7 Å². The number of benzene rings is 2. The van der Waals surface area contributed by atoms with Crippen molar-refractivity contribution >= 4 is 35.2 Å². The Labute approximate surface area is 156 Å². The number of phenols is 1. The van der Waals surface area contributed by atoms with E-state index >= 15 is 0 Å². The minimum atomic E-state index is 0.215. The Morgan fingerprint density at radius 3 is 2.52 bits per heavy atom.